The fourth-order valence-corrected chi connectivity index (χ4v) is 4.42. The second kappa shape index (κ2) is 6.75. The van der Waals surface area contributed by atoms with Gasteiger partial charge in [-0.05, 0) is 48.2 Å². The highest BCUT2D eigenvalue weighted by Crippen LogP contribution is 2.27. The van der Waals surface area contributed by atoms with E-state index in [9.17, 15) is 18.3 Å². The van der Waals surface area contributed by atoms with Crippen LogP contribution in [0.15, 0.2) is 47.4 Å². The molecule has 1 N–H and O–H groups in total. The van der Waals surface area contributed by atoms with E-state index >= 15 is 0 Å². The molecule has 0 aromatic heterocycles. The van der Waals surface area contributed by atoms with Crippen molar-refractivity contribution in [1.82, 2.24) is 4.31 Å². The molecule has 0 bridgehead atoms. The maximum atomic E-state index is 12.6. The van der Waals surface area contributed by atoms with Gasteiger partial charge < -0.3 is 5.11 Å². The number of nitrogens with zero attached hydrogens (tertiary/aromatic N) is 1. The van der Waals surface area contributed by atoms with Crippen LogP contribution in [0.2, 0.25) is 0 Å². The largest absolute Gasteiger partial charge is 0.507 e. The number of phenolic OH excluding ortho intramolecular Hbond substituents is 1. The molecule has 0 amide bonds. The van der Waals surface area contributed by atoms with E-state index in [-0.39, 0.29) is 16.2 Å². The SMILES string of the molecule is O=Cc1cc(-c2ccc(S(=O)(=O)N3CCCCC3)cc2)ccc1O. The predicted octanol–water partition coefficient (Wildman–Crippen LogP) is 3.05. The number of aromatic hydroxyl groups is 1. The van der Waals surface area contributed by atoms with Gasteiger partial charge in [0.25, 0.3) is 0 Å². The van der Waals surface area contributed by atoms with E-state index < -0.39 is 10.0 Å². The third-order valence-corrected chi connectivity index (χ3v) is 6.21. The number of piperidine rings is 1. The Labute approximate surface area is 141 Å². The zero-order chi connectivity index (χ0) is 17.2. The van der Waals surface area contributed by atoms with E-state index in [1.165, 1.54) is 10.4 Å². The van der Waals surface area contributed by atoms with Gasteiger partial charge in [-0.2, -0.15) is 4.31 Å². The Balaban J connectivity index is 1.89. The summed E-state index contributed by atoms with van der Waals surface area (Å²) in [5.74, 6) is -0.0713. The zero-order valence-electron chi connectivity index (χ0n) is 13.2. The average Bonchev–Trinajstić information content (AvgIpc) is 2.63. The summed E-state index contributed by atoms with van der Waals surface area (Å²) >= 11 is 0. The van der Waals surface area contributed by atoms with Crippen LogP contribution in [0.3, 0.4) is 0 Å². The summed E-state index contributed by atoms with van der Waals surface area (Å²) in [6, 6.07) is 11.3. The van der Waals surface area contributed by atoms with Crippen molar-refractivity contribution in [3.05, 3.63) is 48.0 Å². The van der Waals surface area contributed by atoms with Crippen molar-refractivity contribution in [2.24, 2.45) is 0 Å². The topological polar surface area (TPSA) is 74.7 Å². The summed E-state index contributed by atoms with van der Waals surface area (Å²) in [5.41, 5.74) is 1.74. The molecule has 2 aromatic carbocycles. The number of carbonyl (C=O) groups is 1. The summed E-state index contributed by atoms with van der Waals surface area (Å²) in [6.07, 6.45) is 3.47. The lowest BCUT2D eigenvalue weighted by atomic mass is 10.0. The highest BCUT2D eigenvalue weighted by atomic mass is 32.2. The molecule has 24 heavy (non-hydrogen) atoms. The molecule has 1 heterocycles. The smallest absolute Gasteiger partial charge is 0.243 e. The quantitative estimate of drug-likeness (QED) is 0.864. The van der Waals surface area contributed by atoms with Crippen LogP contribution in [0, 0.1) is 0 Å². The summed E-state index contributed by atoms with van der Waals surface area (Å²) in [5, 5.41) is 9.56. The second-order valence-electron chi connectivity index (χ2n) is 5.88. The van der Waals surface area contributed by atoms with Crippen LogP contribution < -0.4 is 0 Å². The first-order chi connectivity index (χ1) is 11.5. The molecule has 0 atom stereocenters. The predicted molar refractivity (Wildman–Crippen MR) is 91.5 cm³/mol. The van der Waals surface area contributed by atoms with Crippen LogP contribution in [0.1, 0.15) is 29.6 Å². The maximum absolute atomic E-state index is 12.6. The first kappa shape index (κ1) is 16.7. The summed E-state index contributed by atoms with van der Waals surface area (Å²) in [7, 11) is -3.44. The number of benzene rings is 2. The van der Waals surface area contributed by atoms with E-state index in [1.807, 2.05) is 0 Å². The number of hydrogen-bond acceptors (Lipinski definition) is 4. The minimum absolute atomic E-state index is 0.0713. The van der Waals surface area contributed by atoms with E-state index in [0.29, 0.717) is 19.4 Å². The fraction of sp³-hybridized carbons (Fsp3) is 0.278. The molecule has 1 fully saturated rings. The van der Waals surface area contributed by atoms with Crippen molar-refractivity contribution in [3.63, 3.8) is 0 Å². The van der Waals surface area contributed by atoms with Crippen LogP contribution in [0.25, 0.3) is 11.1 Å². The van der Waals surface area contributed by atoms with Crippen LogP contribution in [-0.2, 0) is 10.0 Å². The molecule has 6 heteroatoms. The van der Waals surface area contributed by atoms with Gasteiger partial charge in [0.05, 0.1) is 10.5 Å². The molecule has 2 aromatic rings. The molecule has 1 aliphatic heterocycles. The number of rotatable bonds is 4. The molecule has 1 saturated heterocycles. The van der Waals surface area contributed by atoms with Crippen molar-refractivity contribution in [2.75, 3.05) is 13.1 Å². The Kier molecular flexibility index (Phi) is 4.69. The lowest BCUT2D eigenvalue weighted by molar-refractivity contribution is 0.112. The molecule has 3 rings (SSSR count). The van der Waals surface area contributed by atoms with E-state index in [0.717, 1.165) is 30.4 Å². The summed E-state index contributed by atoms with van der Waals surface area (Å²) in [6.45, 7) is 1.15. The highest BCUT2D eigenvalue weighted by Gasteiger charge is 2.25. The highest BCUT2D eigenvalue weighted by molar-refractivity contribution is 7.89. The first-order valence-electron chi connectivity index (χ1n) is 7.91. The number of carbonyl (C=O) groups excluding carboxylic acids is 1. The van der Waals surface area contributed by atoms with Gasteiger partial charge in [-0.3, -0.25) is 4.79 Å². The monoisotopic (exact) mass is 345 g/mol. The molecular formula is C18H19NO4S. The van der Waals surface area contributed by atoms with Gasteiger partial charge in [0, 0.05) is 13.1 Å². The third-order valence-electron chi connectivity index (χ3n) is 4.29. The molecule has 126 valence electrons. The number of phenols is 1. The van der Waals surface area contributed by atoms with Crippen molar-refractivity contribution in [1.29, 1.82) is 0 Å². The summed E-state index contributed by atoms with van der Waals surface area (Å²) in [4.78, 5) is 11.2. The lowest BCUT2D eigenvalue weighted by Gasteiger charge is -2.25. The van der Waals surface area contributed by atoms with Gasteiger partial charge in [-0.15, -0.1) is 0 Å². The normalized spacial score (nSPS) is 16.0. The molecule has 0 spiro atoms. The van der Waals surface area contributed by atoms with Crippen LogP contribution in [0.4, 0.5) is 0 Å². The van der Waals surface area contributed by atoms with E-state index in [2.05, 4.69) is 0 Å². The molecule has 0 aliphatic carbocycles. The molecule has 0 radical (unpaired) electrons. The lowest BCUT2D eigenvalue weighted by Crippen LogP contribution is -2.35. The Morgan fingerprint density at radius 2 is 1.54 bits per heavy atom. The van der Waals surface area contributed by atoms with Crippen molar-refractivity contribution in [2.45, 2.75) is 24.2 Å². The second-order valence-corrected chi connectivity index (χ2v) is 7.82. The summed E-state index contributed by atoms with van der Waals surface area (Å²) < 4.78 is 26.8. The fourth-order valence-electron chi connectivity index (χ4n) is 2.90. The minimum Gasteiger partial charge on any atom is -0.507 e. The Morgan fingerprint density at radius 1 is 0.917 bits per heavy atom. The number of hydrogen-bond donors (Lipinski definition) is 1. The van der Waals surface area contributed by atoms with Crippen LogP contribution in [0.5, 0.6) is 5.75 Å². The molecule has 1 aliphatic rings. The first-order valence-corrected chi connectivity index (χ1v) is 9.35. The Hall–Kier alpha value is -2.18. The third kappa shape index (κ3) is 3.20. The van der Waals surface area contributed by atoms with Gasteiger partial charge >= 0.3 is 0 Å². The van der Waals surface area contributed by atoms with E-state index in [4.69, 9.17) is 0 Å². The minimum atomic E-state index is -3.44. The molecular weight excluding hydrogens is 326 g/mol. The van der Waals surface area contributed by atoms with Crippen LogP contribution >= 0.6 is 0 Å². The Morgan fingerprint density at radius 3 is 2.17 bits per heavy atom. The van der Waals surface area contributed by atoms with Crippen molar-refractivity contribution >= 4 is 16.3 Å². The molecule has 0 saturated carbocycles. The Bertz CT molecular complexity index is 838. The molecule has 5 nitrogen and oxygen atoms in total. The van der Waals surface area contributed by atoms with Crippen molar-refractivity contribution < 1.29 is 18.3 Å². The zero-order valence-corrected chi connectivity index (χ0v) is 14.0. The van der Waals surface area contributed by atoms with Gasteiger partial charge in [-0.25, -0.2) is 8.42 Å². The molecule has 0 unspecified atom stereocenters. The number of sulfonamides is 1. The maximum Gasteiger partial charge on any atom is 0.243 e. The average molecular weight is 345 g/mol. The van der Waals surface area contributed by atoms with Gasteiger partial charge in [0.15, 0.2) is 6.29 Å². The van der Waals surface area contributed by atoms with Gasteiger partial charge in [-0.1, -0.05) is 24.6 Å². The van der Waals surface area contributed by atoms with Gasteiger partial charge in [0.1, 0.15) is 5.75 Å². The number of aldehydes is 1. The van der Waals surface area contributed by atoms with Crippen molar-refractivity contribution in [3.8, 4) is 16.9 Å². The van der Waals surface area contributed by atoms with E-state index in [1.54, 1.807) is 36.4 Å². The standard InChI is InChI=1S/C18H19NO4S/c20-13-16-12-15(6-9-18(16)21)14-4-7-17(8-5-14)24(22,23)19-10-2-1-3-11-19/h4-9,12-13,21H,1-3,10-11H2. The van der Waals surface area contributed by atoms with Gasteiger partial charge in [0.2, 0.25) is 10.0 Å². The van der Waals surface area contributed by atoms with Crippen LogP contribution in [-0.4, -0.2) is 37.2 Å².